The summed E-state index contributed by atoms with van der Waals surface area (Å²) in [5.41, 5.74) is 1.02. The molecule has 0 bridgehead atoms. The van der Waals surface area contributed by atoms with Gasteiger partial charge in [0.25, 0.3) is 0 Å². The van der Waals surface area contributed by atoms with E-state index >= 15 is 0 Å². The van der Waals surface area contributed by atoms with E-state index in [2.05, 4.69) is 16.3 Å². The lowest BCUT2D eigenvalue weighted by molar-refractivity contribution is 0.175. The highest BCUT2D eigenvalue weighted by molar-refractivity contribution is 6.34. The fraction of sp³-hybridized carbons (Fsp3) is 0.462. The van der Waals surface area contributed by atoms with Crippen LogP contribution in [0.2, 0.25) is 10.0 Å². The zero-order valence-electron chi connectivity index (χ0n) is 10.8. The van der Waals surface area contributed by atoms with Crippen LogP contribution in [0.4, 0.5) is 0 Å². The molecule has 3 nitrogen and oxygen atoms in total. The zero-order valence-corrected chi connectivity index (χ0v) is 14.0. The smallest absolute Gasteiger partial charge is 0.0641 e. The number of rotatable bonds is 3. The van der Waals surface area contributed by atoms with E-state index in [-0.39, 0.29) is 30.9 Å². The predicted octanol–water partition coefficient (Wildman–Crippen LogP) is 3.70. The molecule has 0 unspecified atom stereocenters. The van der Waals surface area contributed by atoms with Gasteiger partial charge in [0.15, 0.2) is 0 Å². The Labute approximate surface area is 142 Å². The molecule has 20 heavy (non-hydrogen) atoms. The first kappa shape index (κ1) is 19.8. The van der Waals surface area contributed by atoms with E-state index in [9.17, 15) is 0 Å². The van der Waals surface area contributed by atoms with Crippen molar-refractivity contribution in [3.05, 3.63) is 33.8 Å². The third-order valence-electron chi connectivity index (χ3n) is 3.15. The van der Waals surface area contributed by atoms with Gasteiger partial charge in [-0.2, -0.15) is 5.26 Å². The third kappa shape index (κ3) is 5.29. The molecular formula is C13H17Cl4N3. The molecule has 2 rings (SSSR count). The maximum atomic E-state index is 9.01. The van der Waals surface area contributed by atoms with Crippen molar-refractivity contribution >= 4 is 48.0 Å². The number of nitrogens with one attached hydrogen (secondary N) is 1. The van der Waals surface area contributed by atoms with Crippen LogP contribution < -0.4 is 5.32 Å². The second-order valence-electron chi connectivity index (χ2n) is 4.37. The Bertz CT molecular complexity index is 435. The Kier molecular flexibility index (Phi) is 9.58. The molecule has 1 aromatic rings. The van der Waals surface area contributed by atoms with E-state index in [1.807, 2.05) is 12.1 Å². The number of benzene rings is 1. The third-order valence-corrected chi connectivity index (χ3v) is 3.58. The number of hydrogen-bond acceptors (Lipinski definition) is 3. The highest BCUT2D eigenvalue weighted by atomic mass is 35.5. The summed E-state index contributed by atoms with van der Waals surface area (Å²) >= 11 is 12.1. The van der Waals surface area contributed by atoms with E-state index in [0.29, 0.717) is 16.5 Å². The molecule has 1 aliphatic rings. The summed E-state index contributed by atoms with van der Waals surface area (Å²) in [5.74, 6) is 0. The number of nitrogens with zero attached hydrogens (tertiary/aromatic N) is 2. The summed E-state index contributed by atoms with van der Waals surface area (Å²) in [6.45, 7) is 3.79. The van der Waals surface area contributed by atoms with Crippen molar-refractivity contribution in [3.63, 3.8) is 0 Å². The van der Waals surface area contributed by atoms with Gasteiger partial charge in [-0.3, -0.25) is 4.90 Å². The van der Waals surface area contributed by atoms with Crippen molar-refractivity contribution in [2.24, 2.45) is 0 Å². The van der Waals surface area contributed by atoms with Crippen LogP contribution in [0.5, 0.6) is 0 Å². The van der Waals surface area contributed by atoms with Crippen LogP contribution in [-0.4, -0.2) is 31.1 Å². The van der Waals surface area contributed by atoms with Gasteiger partial charge in [0.1, 0.15) is 0 Å². The van der Waals surface area contributed by atoms with Crippen molar-refractivity contribution in [3.8, 4) is 6.07 Å². The lowest BCUT2D eigenvalue weighted by Gasteiger charge is -2.34. The maximum absolute atomic E-state index is 9.01. The highest BCUT2D eigenvalue weighted by Crippen LogP contribution is 2.29. The first-order chi connectivity index (χ1) is 8.70. The second kappa shape index (κ2) is 9.68. The largest absolute Gasteiger partial charge is 0.314 e. The van der Waals surface area contributed by atoms with Crippen molar-refractivity contribution in [2.45, 2.75) is 12.5 Å². The first-order valence-electron chi connectivity index (χ1n) is 5.98. The molecule has 0 amide bonds. The van der Waals surface area contributed by atoms with E-state index in [0.717, 1.165) is 31.7 Å². The average Bonchev–Trinajstić information content (AvgIpc) is 2.36. The minimum Gasteiger partial charge on any atom is -0.314 e. The van der Waals surface area contributed by atoms with Crippen molar-refractivity contribution in [2.75, 3.05) is 26.2 Å². The summed E-state index contributed by atoms with van der Waals surface area (Å²) in [5, 5.41) is 13.6. The molecule has 0 saturated carbocycles. The molecule has 0 spiro atoms. The molecule has 112 valence electrons. The fourth-order valence-corrected chi connectivity index (χ4v) is 2.85. The van der Waals surface area contributed by atoms with Crippen LogP contribution in [0, 0.1) is 11.3 Å². The van der Waals surface area contributed by atoms with E-state index in [1.165, 1.54) is 0 Å². The van der Waals surface area contributed by atoms with Crippen LogP contribution in [0.1, 0.15) is 18.0 Å². The van der Waals surface area contributed by atoms with Gasteiger partial charge >= 0.3 is 0 Å². The summed E-state index contributed by atoms with van der Waals surface area (Å²) in [6, 6.07) is 7.85. The van der Waals surface area contributed by atoms with Crippen LogP contribution >= 0.6 is 48.0 Å². The van der Waals surface area contributed by atoms with Crippen LogP contribution in [0.15, 0.2) is 18.2 Å². The van der Waals surface area contributed by atoms with Gasteiger partial charge in [0, 0.05) is 42.3 Å². The van der Waals surface area contributed by atoms with Gasteiger partial charge in [-0.25, -0.2) is 0 Å². The molecule has 0 radical (unpaired) electrons. The molecule has 0 aromatic heterocycles. The summed E-state index contributed by atoms with van der Waals surface area (Å²) in [4.78, 5) is 2.31. The van der Waals surface area contributed by atoms with Crippen molar-refractivity contribution < 1.29 is 0 Å². The summed E-state index contributed by atoms with van der Waals surface area (Å²) in [6.07, 6.45) is 0.455. The fourth-order valence-electron chi connectivity index (χ4n) is 2.31. The Morgan fingerprint density at radius 3 is 2.20 bits per heavy atom. The van der Waals surface area contributed by atoms with Crippen molar-refractivity contribution in [1.29, 1.82) is 5.26 Å². The highest BCUT2D eigenvalue weighted by Gasteiger charge is 2.22. The quantitative estimate of drug-likeness (QED) is 0.897. The summed E-state index contributed by atoms with van der Waals surface area (Å²) in [7, 11) is 0. The first-order valence-corrected chi connectivity index (χ1v) is 6.74. The minimum atomic E-state index is 0. The maximum Gasteiger partial charge on any atom is 0.0641 e. The van der Waals surface area contributed by atoms with Gasteiger partial charge in [-0.1, -0.05) is 23.2 Å². The molecule has 1 aromatic carbocycles. The van der Waals surface area contributed by atoms with Gasteiger partial charge in [-0.15, -0.1) is 24.8 Å². The Morgan fingerprint density at radius 2 is 1.70 bits per heavy atom. The lowest BCUT2D eigenvalue weighted by atomic mass is 10.0. The normalized spacial score (nSPS) is 16.4. The molecule has 1 aliphatic heterocycles. The van der Waals surface area contributed by atoms with Gasteiger partial charge in [0.05, 0.1) is 12.5 Å². The number of nitriles is 1. The van der Waals surface area contributed by atoms with E-state index in [4.69, 9.17) is 28.5 Å². The van der Waals surface area contributed by atoms with Gasteiger partial charge < -0.3 is 5.32 Å². The van der Waals surface area contributed by atoms with E-state index in [1.54, 1.807) is 6.07 Å². The summed E-state index contributed by atoms with van der Waals surface area (Å²) < 4.78 is 0. The zero-order chi connectivity index (χ0) is 13.0. The molecule has 1 atom stereocenters. The topological polar surface area (TPSA) is 39.1 Å². The second-order valence-corrected chi connectivity index (χ2v) is 5.24. The number of halogens is 4. The standard InChI is InChI=1S/C13H15Cl2N3.2ClH/c14-11-7-10(8-12(15)9-11)13(1-2-16)18-5-3-17-4-6-18;;/h7-9,13,17H,1,3-6H2;2*1H/t13-;;/m1../s1. The molecule has 1 saturated heterocycles. The molecule has 1 N–H and O–H groups in total. The van der Waals surface area contributed by atoms with Crippen LogP contribution in [-0.2, 0) is 0 Å². The number of hydrogen-bond donors (Lipinski definition) is 1. The molecule has 7 heteroatoms. The SMILES string of the molecule is Cl.Cl.N#CC[C@H](c1cc(Cl)cc(Cl)c1)N1CCNCC1. The van der Waals surface area contributed by atoms with Crippen LogP contribution in [0.3, 0.4) is 0 Å². The van der Waals surface area contributed by atoms with Crippen molar-refractivity contribution in [1.82, 2.24) is 10.2 Å². The molecule has 0 aliphatic carbocycles. The number of piperazine rings is 1. The van der Waals surface area contributed by atoms with Gasteiger partial charge in [-0.05, 0) is 23.8 Å². The van der Waals surface area contributed by atoms with Gasteiger partial charge in [0.2, 0.25) is 0 Å². The Hall–Kier alpha value is -0.210. The predicted molar refractivity (Wildman–Crippen MR) is 88.4 cm³/mol. The average molecular weight is 357 g/mol. The Morgan fingerprint density at radius 1 is 1.15 bits per heavy atom. The molecule has 1 heterocycles. The molecular weight excluding hydrogens is 340 g/mol. The lowest BCUT2D eigenvalue weighted by Crippen LogP contribution is -2.45. The Balaban J connectivity index is 0.00000180. The monoisotopic (exact) mass is 355 g/mol. The minimum absolute atomic E-state index is 0. The van der Waals surface area contributed by atoms with Crippen LogP contribution in [0.25, 0.3) is 0 Å². The molecule has 1 fully saturated rings. The van der Waals surface area contributed by atoms with E-state index < -0.39 is 0 Å².